The van der Waals surface area contributed by atoms with Crippen molar-refractivity contribution in [3.05, 3.63) is 25.9 Å². The van der Waals surface area contributed by atoms with E-state index in [2.05, 4.69) is 11.6 Å². The van der Waals surface area contributed by atoms with E-state index in [4.69, 9.17) is 0 Å². The fourth-order valence-electron chi connectivity index (χ4n) is 0.0667. The summed E-state index contributed by atoms with van der Waals surface area (Å²) in [4.78, 5) is 16.1. The molecular formula is CClN2O4-. The van der Waals surface area contributed by atoms with Gasteiger partial charge in [0.05, 0.1) is 0 Å². The maximum absolute atomic E-state index is 9.34. The van der Waals surface area contributed by atoms with Crippen LogP contribution in [0.15, 0.2) is 0 Å². The predicted molar refractivity (Wildman–Crippen MR) is 23.1 cm³/mol. The molecule has 0 aromatic rings. The molecule has 6 nitrogen and oxygen atoms in total. The molecule has 8 heavy (non-hydrogen) atoms. The van der Waals surface area contributed by atoms with E-state index in [1.165, 1.54) is 0 Å². The topological polar surface area (TPSA) is 86.3 Å². The molecule has 0 aromatic heterocycles. The number of hydrogen-bond acceptors (Lipinski definition) is 4. The summed E-state index contributed by atoms with van der Waals surface area (Å²) in [5.41, 5.74) is -1.48. The molecular weight excluding hydrogens is 139 g/mol. The van der Waals surface area contributed by atoms with Crippen LogP contribution < -0.4 is 0 Å². The summed E-state index contributed by atoms with van der Waals surface area (Å²) in [6, 6.07) is 0. The van der Waals surface area contributed by atoms with Gasteiger partial charge >= 0.3 is 5.62 Å². The first kappa shape index (κ1) is 6.96. The van der Waals surface area contributed by atoms with Crippen LogP contribution >= 0.6 is 11.6 Å². The first-order valence-electron chi connectivity index (χ1n) is 1.37. The zero-order chi connectivity index (χ0) is 6.73. The normalized spacial score (nSPS) is 8.12. The molecule has 0 fully saturated rings. The van der Waals surface area contributed by atoms with Gasteiger partial charge in [-0.3, -0.25) is 20.2 Å². The summed E-state index contributed by atoms with van der Waals surface area (Å²) in [6.45, 7) is 0. The lowest BCUT2D eigenvalue weighted by atomic mass is 11.2. The average Bonchev–Trinajstić information content (AvgIpc) is 1.64. The molecule has 0 atom stereocenters. The van der Waals surface area contributed by atoms with Crippen LogP contribution in [0.25, 0.3) is 0 Å². The van der Waals surface area contributed by atoms with Crippen LogP contribution in [0.5, 0.6) is 0 Å². The largest absolute Gasteiger partial charge is 0.353 e. The van der Waals surface area contributed by atoms with Crippen LogP contribution in [-0.4, -0.2) is 9.85 Å². The van der Waals surface area contributed by atoms with Crippen molar-refractivity contribution in [3.8, 4) is 0 Å². The highest BCUT2D eigenvalue weighted by Crippen LogP contribution is 2.05. The van der Waals surface area contributed by atoms with Crippen LogP contribution in [0.1, 0.15) is 0 Å². The zero-order valence-corrected chi connectivity index (χ0v) is 4.16. The fourth-order valence-corrected chi connectivity index (χ4v) is 0.0667. The van der Waals surface area contributed by atoms with E-state index in [0.717, 1.165) is 0 Å². The average molecular weight is 139 g/mol. The van der Waals surface area contributed by atoms with Crippen molar-refractivity contribution in [1.82, 2.24) is 0 Å². The van der Waals surface area contributed by atoms with Gasteiger partial charge in [-0.25, -0.2) is 0 Å². The number of halogens is 1. The van der Waals surface area contributed by atoms with Crippen LogP contribution in [0.4, 0.5) is 0 Å². The smallest absolute Gasteiger partial charge is 0.287 e. The summed E-state index contributed by atoms with van der Waals surface area (Å²) >= 11 is 4.47. The van der Waals surface area contributed by atoms with Gasteiger partial charge in [0.25, 0.3) is 0 Å². The van der Waals surface area contributed by atoms with E-state index in [-0.39, 0.29) is 0 Å². The lowest BCUT2D eigenvalue weighted by Crippen LogP contribution is -2.12. The molecule has 0 radical (unpaired) electrons. The van der Waals surface area contributed by atoms with Gasteiger partial charge in [0.15, 0.2) is 0 Å². The van der Waals surface area contributed by atoms with E-state index in [1.807, 2.05) is 0 Å². The maximum Gasteiger partial charge on any atom is 0.353 e. The standard InChI is InChI=1S/CClN2O4/c2-1(3(5)6)4(7)8/q-1. The summed E-state index contributed by atoms with van der Waals surface area (Å²) < 4.78 is 0. The molecule has 46 valence electrons. The quantitative estimate of drug-likeness (QED) is 0.237. The Morgan fingerprint density at radius 2 is 1.50 bits per heavy atom. The van der Waals surface area contributed by atoms with E-state index >= 15 is 0 Å². The zero-order valence-electron chi connectivity index (χ0n) is 3.41. The molecule has 0 heterocycles. The Morgan fingerprint density at radius 1 is 1.25 bits per heavy atom. The third-order valence-corrected chi connectivity index (χ3v) is 0.577. The molecule has 0 saturated carbocycles. The monoisotopic (exact) mass is 139 g/mol. The SMILES string of the molecule is O=[N+]([O-])[C-](Cl)[N+](=O)[O-]. The number of nitro groups is 2. The van der Waals surface area contributed by atoms with E-state index in [1.54, 1.807) is 0 Å². The maximum atomic E-state index is 9.34. The first-order chi connectivity index (χ1) is 3.55. The summed E-state index contributed by atoms with van der Waals surface area (Å²) in [6.07, 6.45) is 0. The lowest BCUT2D eigenvalue weighted by molar-refractivity contribution is -0.648. The summed E-state index contributed by atoms with van der Waals surface area (Å²) in [5, 5.41) is 18.7. The van der Waals surface area contributed by atoms with Gasteiger partial charge in [0.2, 0.25) is 0 Å². The second kappa shape index (κ2) is 2.31. The Labute approximate surface area is 48.3 Å². The second-order valence-electron chi connectivity index (χ2n) is 0.783. The van der Waals surface area contributed by atoms with E-state index in [0.29, 0.717) is 0 Å². The summed E-state index contributed by atoms with van der Waals surface area (Å²) in [5.74, 6) is 0. The van der Waals surface area contributed by atoms with E-state index in [9.17, 15) is 20.2 Å². The summed E-state index contributed by atoms with van der Waals surface area (Å²) in [7, 11) is 0. The highest BCUT2D eigenvalue weighted by Gasteiger charge is 2.12. The number of hydrogen-bond donors (Lipinski definition) is 0. The Hall–Kier alpha value is -1.04. The lowest BCUT2D eigenvalue weighted by Gasteiger charge is -2.00. The Kier molecular flexibility index (Phi) is 2.01. The minimum Gasteiger partial charge on any atom is -0.287 e. The van der Waals surface area contributed by atoms with Crippen molar-refractivity contribution in [3.63, 3.8) is 0 Å². The van der Waals surface area contributed by atoms with Crippen LogP contribution in [-0.2, 0) is 0 Å². The van der Waals surface area contributed by atoms with Gasteiger partial charge in [-0.15, -0.1) is 0 Å². The molecule has 0 saturated heterocycles. The molecule has 0 spiro atoms. The second-order valence-corrected chi connectivity index (χ2v) is 1.12. The van der Waals surface area contributed by atoms with Crippen molar-refractivity contribution in [2.24, 2.45) is 0 Å². The molecule has 0 aliphatic carbocycles. The van der Waals surface area contributed by atoms with Crippen LogP contribution in [0, 0.1) is 25.9 Å². The minimum absolute atomic E-state index is 1.28. The molecule has 0 aliphatic rings. The van der Waals surface area contributed by atoms with Crippen molar-refractivity contribution < 1.29 is 9.85 Å². The molecule has 0 aromatic carbocycles. The Morgan fingerprint density at radius 3 is 1.50 bits per heavy atom. The van der Waals surface area contributed by atoms with Crippen molar-refractivity contribution in [1.29, 1.82) is 0 Å². The first-order valence-corrected chi connectivity index (χ1v) is 1.74. The van der Waals surface area contributed by atoms with Crippen molar-refractivity contribution >= 4 is 11.6 Å². The Bertz CT molecular complexity index is 109. The van der Waals surface area contributed by atoms with Crippen molar-refractivity contribution in [2.45, 2.75) is 0 Å². The molecule has 7 heteroatoms. The third kappa shape index (κ3) is 1.61. The van der Waals surface area contributed by atoms with E-state index < -0.39 is 15.5 Å². The highest BCUT2D eigenvalue weighted by molar-refractivity contribution is 6.23. The number of nitrogens with zero attached hydrogens (tertiary/aromatic N) is 2. The van der Waals surface area contributed by atoms with Gasteiger partial charge in [0.1, 0.15) is 0 Å². The molecule has 0 amide bonds. The van der Waals surface area contributed by atoms with Crippen LogP contribution in [0.2, 0.25) is 0 Å². The van der Waals surface area contributed by atoms with Gasteiger partial charge in [-0.1, -0.05) is 0 Å². The van der Waals surface area contributed by atoms with Gasteiger partial charge in [-0.2, -0.15) is 11.6 Å². The minimum atomic E-state index is -1.48. The van der Waals surface area contributed by atoms with Gasteiger partial charge in [0, 0.05) is 0 Å². The van der Waals surface area contributed by atoms with Crippen molar-refractivity contribution in [2.75, 3.05) is 0 Å². The van der Waals surface area contributed by atoms with Crippen LogP contribution in [0.3, 0.4) is 0 Å². The highest BCUT2D eigenvalue weighted by atomic mass is 35.5. The van der Waals surface area contributed by atoms with Gasteiger partial charge < -0.3 is 0 Å². The Balaban J connectivity index is 3.83. The third-order valence-electron chi connectivity index (χ3n) is 0.301. The van der Waals surface area contributed by atoms with Gasteiger partial charge in [-0.05, 0) is 9.85 Å². The predicted octanol–water partition coefficient (Wildman–Crippen LogP) is 0.226. The molecule has 0 aliphatic heterocycles. The molecule has 0 bridgehead atoms. The molecule has 0 rings (SSSR count). The fraction of sp³-hybridized carbons (Fsp3) is 0. The molecule has 0 N–H and O–H groups in total. The molecule has 0 unspecified atom stereocenters. The number of rotatable bonds is 2.